The van der Waals surface area contributed by atoms with Gasteiger partial charge in [-0.1, -0.05) is 11.8 Å². The first-order chi connectivity index (χ1) is 13.1. The minimum Gasteiger partial charge on any atom is -0.399 e. The van der Waals surface area contributed by atoms with E-state index in [1.54, 1.807) is 17.3 Å². The molecule has 0 saturated carbocycles. The van der Waals surface area contributed by atoms with Gasteiger partial charge >= 0.3 is 7.12 Å². The van der Waals surface area contributed by atoms with Crippen LogP contribution in [-0.2, 0) is 14.1 Å². The molecule has 2 aliphatic rings. The topological polar surface area (TPSA) is 105 Å². The van der Waals surface area contributed by atoms with Crippen LogP contribution in [0.3, 0.4) is 0 Å². The molecule has 3 rings (SSSR count). The number of thioether (sulfide) groups is 1. The number of rotatable bonds is 5. The molecule has 1 amide bonds. The lowest BCUT2D eigenvalue weighted by Gasteiger charge is -2.33. The molecular weight excluding hydrogens is 381 g/mol. The van der Waals surface area contributed by atoms with Crippen LogP contribution in [0.25, 0.3) is 0 Å². The summed E-state index contributed by atoms with van der Waals surface area (Å²) in [6.07, 6.45) is 3.87. The van der Waals surface area contributed by atoms with Crippen molar-refractivity contribution in [3.63, 3.8) is 0 Å². The zero-order valence-electron chi connectivity index (χ0n) is 16.8. The molecule has 2 atom stereocenters. The van der Waals surface area contributed by atoms with Gasteiger partial charge in [-0.3, -0.25) is 4.79 Å². The van der Waals surface area contributed by atoms with Crippen molar-refractivity contribution in [1.29, 1.82) is 0 Å². The van der Waals surface area contributed by atoms with E-state index in [1.807, 2.05) is 27.7 Å². The van der Waals surface area contributed by atoms with Gasteiger partial charge in [0.05, 0.1) is 17.8 Å². The highest BCUT2D eigenvalue weighted by Gasteiger charge is 2.52. The van der Waals surface area contributed by atoms with Gasteiger partial charge in [0.1, 0.15) is 0 Å². The zero-order chi connectivity index (χ0) is 20.5. The molecule has 10 heteroatoms. The number of likely N-dealkylation sites (tertiary alicyclic amines) is 1. The molecule has 2 aliphatic heterocycles. The van der Waals surface area contributed by atoms with Gasteiger partial charge in [-0.15, -0.1) is 0 Å². The molecule has 0 unspecified atom stereocenters. The number of aliphatic hydroxyl groups is 2. The lowest BCUT2D eigenvalue weighted by Crippen LogP contribution is -2.46. The second-order valence-corrected chi connectivity index (χ2v) is 9.52. The smallest absolute Gasteiger partial charge is 0.399 e. The van der Waals surface area contributed by atoms with E-state index in [4.69, 9.17) is 14.4 Å². The molecule has 0 radical (unpaired) electrons. The van der Waals surface area contributed by atoms with Gasteiger partial charge in [-0.25, -0.2) is 9.97 Å². The normalized spacial score (nSPS) is 25.0. The number of hydrogen-bond donors (Lipinski definition) is 2. The summed E-state index contributed by atoms with van der Waals surface area (Å²) in [6.45, 7) is 8.54. The third-order valence-electron chi connectivity index (χ3n) is 5.59. The van der Waals surface area contributed by atoms with E-state index >= 15 is 0 Å². The van der Waals surface area contributed by atoms with Crippen molar-refractivity contribution in [3.05, 3.63) is 12.4 Å². The van der Waals surface area contributed by atoms with Crippen LogP contribution in [0.4, 0.5) is 0 Å². The van der Waals surface area contributed by atoms with Crippen LogP contribution in [0, 0.1) is 0 Å². The Hall–Kier alpha value is -1.20. The molecule has 2 saturated heterocycles. The second-order valence-electron chi connectivity index (χ2n) is 8.25. The van der Waals surface area contributed by atoms with Crippen molar-refractivity contribution in [2.45, 2.75) is 68.2 Å². The first-order valence-electron chi connectivity index (χ1n) is 9.55. The van der Waals surface area contributed by atoms with E-state index in [2.05, 4.69) is 9.97 Å². The van der Waals surface area contributed by atoms with Crippen LogP contribution in [-0.4, -0.2) is 80.4 Å². The third-order valence-corrected chi connectivity index (χ3v) is 6.73. The first kappa shape index (κ1) is 21.5. The molecule has 0 bridgehead atoms. The van der Waals surface area contributed by atoms with Crippen LogP contribution in [0.15, 0.2) is 17.6 Å². The molecule has 28 heavy (non-hydrogen) atoms. The number of aliphatic hydroxyl groups excluding tert-OH is 2. The fraction of sp³-hybridized carbons (Fsp3) is 0.722. The number of piperidine rings is 1. The number of carbonyl (C=O) groups excluding carboxylic acids is 1. The summed E-state index contributed by atoms with van der Waals surface area (Å²) >= 11 is 1.51. The van der Waals surface area contributed by atoms with E-state index in [-0.39, 0.29) is 5.25 Å². The Bertz CT molecular complexity index is 687. The summed E-state index contributed by atoms with van der Waals surface area (Å²) in [6, 6.07) is 0. The maximum Gasteiger partial charge on any atom is 0.498 e. The summed E-state index contributed by atoms with van der Waals surface area (Å²) in [5.41, 5.74) is -0.0560. The average Bonchev–Trinajstić information content (AvgIpc) is 2.88. The molecule has 3 heterocycles. The fourth-order valence-electron chi connectivity index (χ4n) is 3.16. The van der Waals surface area contributed by atoms with Gasteiger partial charge < -0.3 is 24.4 Å². The molecule has 1 aromatic rings. The van der Waals surface area contributed by atoms with Crippen molar-refractivity contribution in [2.24, 2.45) is 0 Å². The fourth-order valence-corrected chi connectivity index (χ4v) is 4.22. The summed E-state index contributed by atoms with van der Waals surface area (Å²) in [5, 5.41) is 19.3. The maximum absolute atomic E-state index is 12.1. The van der Waals surface area contributed by atoms with Crippen molar-refractivity contribution < 1.29 is 24.3 Å². The highest BCUT2D eigenvalue weighted by Crippen LogP contribution is 2.36. The molecule has 1 aromatic heterocycles. The van der Waals surface area contributed by atoms with Gasteiger partial charge in [0, 0.05) is 36.2 Å². The summed E-state index contributed by atoms with van der Waals surface area (Å²) in [4.78, 5) is 22.5. The number of nitrogens with zero attached hydrogens (tertiary/aromatic N) is 3. The maximum atomic E-state index is 12.1. The van der Waals surface area contributed by atoms with Gasteiger partial charge in [0.25, 0.3) is 5.91 Å². The van der Waals surface area contributed by atoms with Gasteiger partial charge in [-0.2, -0.15) is 0 Å². The Morgan fingerprint density at radius 3 is 2.50 bits per heavy atom. The van der Waals surface area contributed by atoms with Crippen LogP contribution in [0.5, 0.6) is 0 Å². The number of hydrogen-bond acceptors (Lipinski definition) is 8. The first-order valence-corrected chi connectivity index (χ1v) is 10.4. The van der Waals surface area contributed by atoms with E-state index in [0.29, 0.717) is 18.2 Å². The van der Waals surface area contributed by atoms with Crippen molar-refractivity contribution in [3.8, 4) is 0 Å². The molecule has 2 N–H and O–H groups in total. The zero-order valence-corrected chi connectivity index (χ0v) is 17.6. The predicted octanol–water partition coefficient (Wildman–Crippen LogP) is 0.212. The third kappa shape index (κ3) is 4.51. The van der Waals surface area contributed by atoms with Crippen LogP contribution in [0.1, 0.15) is 40.5 Å². The van der Waals surface area contributed by atoms with E-state index < -0.39 is 36.9 Å². The number of amides is 1. The molecule has 0 spiro atoms. The lowest BCUT2D eigenvalue weighted by molar-refractivity contribution is -0.142. The van der Waals surface area contributed by atoms with Crippen molar-refractivity contribution in [1.82, 2.24) is 14.9 Å². The molecule has 0 aromatic carbocycles. The molecule has 154 valence electrons. The summed E-state index contributed by atoms with van der Waals surface area (Å²) in [7, 11) is -0.494. The SMILES string of the molecule is CC1(C)OB(c2cnc(S[C@H]3CCCN(C(=O)[C@H](O)CO)C3)nc2)OC1(C)C. The van der Waals surface area contributed by atoms with Gasteiger partial charge in [0.15, 0.2) is 11.3 Å². The minimum absolute atomic E-state index is 0.145. The molecule has 8 nitrogen and oxygen atoms in total. The van der Waals surface area contributed by atoms with E-state index in [9.17, 15) is 9.90 Å². The van der Waals surface area contributed by atoms with Crippen LogP contribution < -0.4 is 5.46 Å². The van der Waals surface area contributed by atoms with Crippen LogP contribution in [0.2, 0.25) is 0 Å². The lowest BCUT2D eigenvalue weighted by atomic mass is 9.81. The number of aromatic nitrogens is 2. The van der Waals surface area contributed by atoms with Gasteiger partial charge in [0.2, 0.25) is 0 Å². The Morgan fingerprint density at radius 2 is 1.93 bits per heavy atom. The quantitative estimate of drug-likeness (QED) is 0.526. The van der Waals surface area contributed by atoms with Gasteiger partial charge in [-0.05, 0) is 40.5 Å². The average molecular weight is 409 g/mol. The molecule has 0 aliphatic carbocycles. The molecule has 2 fully saturated rings. The Balaban J connectivity index is 1.60. The van der Waals surface area contributed by atoms with E-state index in [0.717, 1.165) is 18.3 Å². The Kier molecular flexibility index (Phi) is 6.36. The largest absolute Gasteiger partial charge is 0.498 e. The highest BCUT2D eigenvalue weighted by atomic mass is 32.2. The molecular formula is C18H28BN3O5S. The van der Waals surface area contributed by atoms with Crippen molar-refractivity contribution >= 4 is 30.3 Å². The minimum atomic E-state index is -1.35. The standard InChI is InChI=1S/C18H28BN3O5S/c1-17(2)18(3,4)27-19(26-17)12-8-20-16(21-9-12)28-13-6-5-7-22(10-13)15(25)14(24)11-23/h8-9,13-14,23-24H,5-7,10-11H2,1-4H3/t13-,14+/m0/s1. The van der Waals surface area contributed by atoms with Crippen molar-refractivity contribution in [2.75, 3.05) is 19.7 Å². The summed E-state index contributed by atoms with van der Waals surface area (Å²) < 4.78 is 12.0. The number of carbonyl (C=O) groups is 1. The Labute approximate surface area is 170 Å². The monoisotopic (exact) mass is 409 g/mol. The summed E-state index contributed by atoms with van der Waals surface area (Å²) in [5.74, 6) is -0.426. The highest BCUT2D eigenvalue weighted by molar-refractivity contribution is 7.99. The van der Waals surface area contributed by atoms with Crippen LogP contribution >= 0.6 is 11.8 Å². The Morgan fingerprint density at radius 1 is 1.32 bits per heavy atom. The predicted molar refractivity (Wildman–Crippen MR) is 106 cm³/mol. The second kappa shape index (κ2) is 8.27. The van der Waals surface area contributed by atoms with E-state index in [1.165, 1.54) is 11.8 Å².